The molecular weight excluding hydrogens is 270 g/mol. The van der Waals surface area contributed by atoms with Crippen molar-refractivity contribution in [3.05, 3.63) is 23.8 Å². The van der Waals surface area contributed by atoms with Gasteiger partial charge in [0.05, 0.1) is 18.2 Å². The Hall–Kier alpha value is -1.62. The summed E-state index contributed by atoms with van der Waals surface area (Å²) in [5, 5.41) is 10.6. The van der Waals surface area contributed by atoms with Crippen molar-refractivity contribution < 1.29 is 19.4 Å². The van der Waals surface area contributed by atoms with E-state index in [1.165, 1.54) is 7.11 Å². The molecule has 2 bridgehead atoms. The normalized spacial score (nSPS) is 37.8. The zero-order valence-corrected chi connectivity index (χ0v) is 12.5. The van der Waals surface area contributed by atoms with Crippen LogP contribution in [0.5, 0.6) is 0 Å². The minimum Gasteiger partial charge on any atom is -0.465 e. The second kappa shape index (κ2) is 4.44. The molecule has 3 rings (SSSR count). The van der Waals surface area contributed by atoms with Crippen LogP contribution >= 0.6 is 0 Å². The van der Waals surface area contributed by atoms with E-state index in [1.54, 1.807) is 11.0 Å². The van der Waals surface area contributed by atoms with Gasteiger partial charge in [0.1, 0.15) is 5.57 Å². The SMILES string of the molecule is C=CCN1C(=O)C(C(=O)OC)=C2C[C@]3(O)CC[C@H](C3)[C@@]21C. The van der Waals surface area contributed by atoms with Gasteiger partial charge in [-0.25, -0.2) is 4.79 Å². The first-order valence-electron chi connectivity index (χ1n) is 7.34. The zero-order chi connectivity index (χ0) is 15.4. The summed E-state index contributed by atoms with van der Waals surface area (Å²) in [6.07, 6.45) is 4.33. The average molecular weight is 291 g/mol. The molecule has 0 unspecified atom stereocenters. The molecule has 0 spiro atoms. The molecule has 0 aromatic carbocycles. The van der Waals surface area contributed by atoms with Crippen molar-refractivity contribution in [2.24, 2.45) is 5.92 Å². The van der Waals surface area contributed by atoms with Gasteiger partial charge in [0, 0.05) is 13.0 Å². The molecule has 0 radical (unpaired) electrons. The topological polar surface area (TPSA) is 66.8 Å². The number of fused-ring (bicyclic) bond motifs is 4. The fourth-order valence-corrected chi connectivity index (χ4v) is 4.41. The van der Waals surface area contributed by atoms with Crippen molar-refractivity contribution >= 4 is 11.9 Å². The van der Waals surface area contributed by atoms with Crippen LogP contribution in [-0.2, 0) is 14.3 Å². The third-order valence-corrected chi connectivity index (χ3v) is 5.52. The van der Waals surface area contributed by atoms with E-state index in [-0.39, 0.29) is 17.4 Å². The van der Waals surface area contributed by atoms with E-state index in [1.807, 2.05) is 6.92 Å². The number of nitrogens with zero attached hydrogens (tertiary/aromatic N) is 1. The van der Waals surface area contributed by atoms with Gasteiger partial charge in [-0.3, -0.25) is 4.79 Å². The summed E-state index contributed by atoms with van der Waals surface area (Å²) in [6.45, 7) is 6.12. The third kappa shape index (κ3) is 1.73. The zero-order valence-electron chi connectivity index (χ0n) is 12.5. The number of aliphatic hydroxyl groups is 1. The van der Waals surface area contributed by atoms with Crippen LogP contribution in [0.15, 0.2) is 23.8 Å². The first kappa shape index (κ1) is 14.3. The molecule has 1 amide bonds. The number of ether oxygens (including phenoxy) is 1. The van der Waals surface area contributed by atoms with E-state index >= 15 is 0 Å². The minimum atomic E-state index is -0.775. The van der Waals surface area contributed by atoms with Gasteiger partial charge in [-0.1, -0.05) is 6.08 Å². The van der Waals surface area contributed by atoms with Crippen molar-refractivity contribution in [2.75, 3.05) is 13.7 Å². The van der Waals surface area contributed by atoms with E-state index in [0.29, 0.717) is 19.4 Å². The molecular formula is C16H21NO4. The molecule has 0 aromatic rings. The Labute approximate surface area is 124 Å². The molecule has 1 N–H and O–H groups in total. The molecule has 0 aromatic heterocycles. The summed E-state index contributed by atoms with van der Waals surface area (Å²) in [4.78, 5) is 26.5. The fraction of sp³-hybridized carbons (Fsp3) is 0.625. The molecule has 21 heavy (non-hydrogen) atoms. The molecule has 0 saturated heterocycles. The Bertz CT molecular complexity index is 567. The number of carbonyl (C=O) groups is 2. The lowest BCUT2D eigenvalue weighted by molar-refractivity contribution is -0.140. The Balaban J connectivity index is 2.16. The van der Waals surface area contributed by atoms with E-state index < -0.39 is 17.1 Å². The van der Waals surface area contributed by atoms with Crippen LogP contribution < -0.4 is 0 Å². The number of rotatable bonds is 3. The van der Waals surface area contributed by atoms with Crippen molar-refractivity contribution in [3.63, 3.8) is 0 Å². The highest BCUT2D eigenvalue weighted by molar-refractivity contribution is 6.19. The first-order valence-corrected chi connectivity index (χ1v) is 7.34. The Morgan fingerprint density at radius 3 is 2.95 bits per heavy atom. The van der Waals surface area contributed by atoms with Gasteiger partial charge >= 0.3 is 5.97 Å². The van der Waals surface area contributed by atoms with Crippen molar-refractivity contribution in [1.29, 1.82) is 0 Å². The summed E-state index contributed by atoms with van der Waals surface area (Å²) in [6, 6.07) is 0. The minimum absolute atomic E-state index is 0.117. The molecule has 1 heterocycles. The summed E-state index contributed by atoms with van der Waals surface area (Å²) in [7, 11) is 1.28. The lowest BCUT2D eigenvalue weighted by atomic mass is 9.69. The number of methoxy groups -OCH3 is 1. The van der Waals surface area contributed by atoms with Gasteiger partial charge in [-0.2, -0.15) is 0 Å². The maximum absolute atomic E-state index is 12.7. The molecule has 2 aliphatic carbocycles. The van der Waals surface area contributed by atoms with E-state index in [9.17, 15) is 14.7 Å². The molecule has 1 aliphatic heterocycles. The number of amides is 1. The molecule has 5 heteroatoms. The van der Waals surface area contributed by atoms with Gasteiger partial charge in [0.2, 0.25) is 0 Å². The largest absolute Gasteiger partial charge is 0.465 e. The van der Waals surface area contributed by atoms with Crippen LogP contribution in [0, 0.1) is 5.92 Å². The van der Waals surface area contributed by atoms with Gasteiger partial charge in [0.25, 0.3) is 5.91 Å². The number of carbonyl (C=O) groups excluding carboxylic acids is 2. The molecule has 2 saturated carbocycles. The highest BCUT2D eigenvalue weighted by Crippen LogP contribution is 2.58. The van der Waals surface area contributed by atoms with Gasteiger partial charge in [-0.15, -0.1) is 6.58 Å². The molecule has 5 nitrogen and oxygen atoms in total. The monoisotopic (exact) mass is 291 g/mol. The number of hydrogen-bond acceptors (Lipinski definition) is 4. The van der Waals surface area contributed by atoms with Crippen molar-refractivity contribution in [1.82, 2.24) is 4.90 Å². The maximum atomic E-state index is 12.7. The van der Waals surface area contributed by atoms with Crippen molar-refractivity contribution in [2.45, 2.75) is 43.7 Å². The number of hydrogen-bond donors (Lipinski definition) is 1. The highest BCUT2D eigenvalue weighted by Gasteiger charge is 2.62. The Kier molecular flexibility index (Phi) is 3.03. The number of esters is 1. The predicted molar refractivity (Wildman–Crippen MR) is 76.3 cm³/mol. The van der Waals surface area contributed by atoms with E-state index in [4.69, 9.17) is 4.74 Å². The summed E-state index contributed by atoms with van der Waals surface area (Å²) in [5.41, 5.74) is -0.412. The van der Waals surface area contributed by atoms with Crippen LogP contribution in [0.1, 0.15) is 32.6 Å². The average Bonchev–Trinajstić information content (AvgIpc) is 2.89. The van der Waals surface area contributed by atoms with Gasteiger partial charge in [0.15, 0.2) is 0 Å². The van der Waals surface area contributed by atoms with Gasteiger partial charge < -0.3 is 14.7 Å². The van der Waals surface area contributed by atoms with Gasteiger partial charge in [-0.05, 0) is 37.7 Å². The van der Waals surface area contributed by atoms with Crippen LogP contribution in [0.25, 0.3) is 0 Å². The molecule has 114 valence electrons. The van der Waals surface area contributed by atoms with Crippen molar-refractivity contribution in [3.8, 4) is 0 Å². The Morgan fingerprint density at radius 2 is 2.33 bits per heavy atom. The molecule has 3 atom stereocenters. The second-order valence-corrected chi connectivity index (χ2v) is 6.54. The second-order valence-electron chi connectivity index (χ2n) is 6.54. The third-order valence-electron chi connectivity index (χ3n) is 5.52. The molecule has 2 fully saturated rings. The highest BCUT2D eigenvalue weighted by atomic mass is 16.5. The van der Waals surface area contributed by atoms with E-state index in [2.05, 4.69) is 6.58 Å². The predicted octanol–water partition coefficient (Wildman–Crippen LogP) is 1.18. The first-order chi connectivity index (χ1) is 9.87. The van der Waals surface area contributed by atoms with Crippen LogP contribution in [0.3, 0.4) is 0 Å². The summed E-state index contributed by atoms with van der Waals surface area (Å²) < 4.78 is 4.80. The van der Waals surface area contributed by atoms with Crippen LogP contribution in [0.2, 0.25) is 0 Å². The standard InChI is InChI=1S/C16H21NO4/c1-4-7-17-13(18)12(14(19)21-3)11-9-16(20)6-5-10(8-16)15(11,17)2/h4,10,20H,1,5-9H2,2-3H3/t10-,15+,16+/m1/s1. The van der Waals surface area contributed by atoms with Crippen LogP contribution in [0.4, 0.5) is 0 Å². The quantitative estimate of drug-likeness (QED) is 0.482. The Morgan fingerprint density at radius 1 is 1.62 bits per heavy atom. The lowest BCUT2D eigenvalue weighted by Crippen LogP contribution is -2.54. The van der Waals surface area contributed by atoms with E-state index in [0.717, 1.165) is 18.4 Å². The fourth-order valence-electron chi connectivity index (χ4n) is 4.41. The summed E-state index contributed by atoms with van der Waals surface area (Å²) >= 11 is 0. The smallest absolute Gasteiger partial charge is 0.343 e. The van der Waals surface area contributed by atoms with Crippen LogP contribution in [-0.4, -0.2) is 46.7 Å². The lowest BCUT2D eigenvalue weighted by Gasteiger charge is -2.46. The summed E-state index contributed by atoms with van der Waals surface area (Å²) in [5.74, 6) is -0.717. The molecule has 3 aliphatic rings. The maximum Gasteiger partial charge on any atom is 0.343 e.